The molecule has 0 heterocycles. The highest BCUT2D eigenvalue weighted by molar-refractivity contribution is 7.47. The average molecular weight is 875 g/mol. The lowest BCUT2D eigenvalue weighted by Gasteiger charge is -2.29. The fourth-order valence-electron chi connectivity index (χ4n) is 7.96. The Labute approximate surface area is 371 Å². The van der Waals surface area contributed by atoms with Crippen LogP contribution in [0.2, 0.25) is 0 Å². The van der Waals surface area contributed by atoms with E-state index in [9.17, 15) is 24.2 Å². The zero-order valence-electron chi connectivity index (χ0n) is 40.4. The van der Waals surface area contributed by atoms with Crippen molar-refractivity contribution in [3.8, 4) is 0 Å². The van der Waals surface area contributed by atoms with Crippen LogP contribution in [0.4, 0.5) is 0 Å². The van der Waals surface area contributed by atoms with Gasteiger partial charge in [0.2, 0.25) is 0 Å². The molecule has 0 radical (unpaired) electrons. The van der Waals surface area contributed by atoms with Crippen molar-refractivity contribution < 1.29 is 42.4 Å². The van der Waals surface area contributed by atoms with Gasteiger partial charge >= 0.3 is 13.8 Å². The number of hydrogen-bond acceptors (Lipinski definition) is 7. The Morgan fingerprint density at radius 3 is 1.10 bits per heavy atom. The summed E-state index contributed by atoms with van der Waals surface area (Å²) < 4.78 is 29.2. The van der Waals surface area contributed by atoms with E-state index in [2.05, 4.69) is 13.8 Å². The van der Waals surface area contributed by atoms with Crippen LogP contribution in [0.15, 0.2) is 0 Å². The number of quaternary nitrogens is 1. The fourth-order valence-corrected chi connectivity index (χ4v) is 8.88. The second kappa shape index (κ2) is 42.1. The van der Waals surface area contributed by atoms with Gasteiger partial charge in [-0.2, -0.15) is 0 Å². The van der Waals surface area contributed by atoms with Crippen LogP contribution in [0.5, 0.6) is 0 Å². The molecule has 3 unspecified atom stereocenters. The number of rotatable bonds is 48. The first kappa shape index (κ1) is 59.2. The van der Waals surface area contributed by atoms with Crippen molar-refractivity contribution in [3.05, 3.63) is 0 Å². The summed E-state index contributed by atoms with van der Waals surface area (Å²) in [4.78, 5) is 36.1. The minimum atomic E-state index is -4.67. The van der Waals surface area contributed by atoms with E-state index in [1.165, 1.54) is 193 Å². The molecule has 0 aliphatic heterocycles. The molecule has 0 aromatic heterocycles. The van der Waals surface area contributed by atoms with E-state index in [-0.39, 0.29) is 25.2 Å². The number of phosphoric ester groups is 1. The van der Waals surface area contributed by atoms with Crippen molar-refractivity contribution >= 4 is 19.6 Å². The van der Waals surface area contributed by atoms with Crippen molar-refractivity contribution in [2.24, 2.45) is 0 Å². The van der Waals surface area contributed by atoms with E-state index in [1.54, 1.807) is 0 Å². The van der Waals surface area contributed by atoms with Crippen LogP contribution in [0.1, 0.15) is 258 Å². The highest BCUT2D eigenvalue weighted by Crippen LogP contribution is 2.45. The van der Waals surface area contributed by atoms with Gasteiger partial charge in [-0.05, 0) is 12.8 Å². The third-order valence-corrected chi connectivity index (χ3v) is 12.8. The Kier molecular flexibility index (Phi) is 41.6. The predicted molar refractivity (Wildman–Crippen MR) is 252 cm³/mol. The molecule has 0 aliphatic rings. The first-order chi connectivity index (χ1) is 28.9. The summed E-state index contributed by atoms with van der Waals surface area (Å²) in [7, 11) is 1.02. The van der Waals surface area contributed by atoms with Crippen molar-refractivity contribution in [2.45, 2.75) is 270 Å². The lowest BCUT2D eigenvalue weighted by molar-refractivity contribution is -0.872. The van der Waals surface area contributed by atoms with Gasteiger partial charge in [0.1, 0.15) is 12.6 Å². The summed E-state index contributed by atoms with van der Waals surface area (Å²) in [6.07, 6.45) is 44.1. The number of nitrogens with zero attached hydrogens (tertiary/aromatic N) is 1. The maximum atomic E-state index is 13.2. The van der Waals surface area contributed by atoms with E-state index < -0.39 is 39.2 Å². The topological polar surface area (TPSA) is 119 Å². The molecule has 0 spiro atoms. The number of likely N-dealkylation sites (N-methyl/N-ethyl adjacent to an activating group) is 1. The maximum Gasteiger partial charge on any atom is 0.473 e. The van der Waals surface area contributed by atoms with E-state index in [0.717, 1.165) is 25.7 Å². The normalized spacial score (nSPS) is 14.0. The number of hydrogen-bond donors (Lipinski definition) is 2. The lowest BCUT2D eigenvalue weighted by Crippen LogP contribution is -2.45. The largest absolute Gasteiger partial charge is 0.473 e. The monoisotopic (exact) mass is 875 g/mol. The van der Waals surface area contributed by atoms with Gasteiger partial charge in [0.25, 0.3) is 0 Å². The molecule has 0 saturated heterocycles. The molecule has 0 aromatic rings. The third-order valence-electron chi connectivity index (χ3n) is 11.8. The average Bonchev–Trinajstić information content (AvgIpc) is 3.20. The Bertz CT molecular complexity index is 1010. The van der Waals surface area contributed by atoms with E-state index in [4.69, 9.17) is 13.8 Å². The van der Waals surface area contributed by atoms with Crippen LogP contribution >= 0.6 is 7.82 Å². The lowest BCUT2D eigenvalue weighted by atomic mass is 10.0. The maximum absolute atomic E-state index is 13.2. The molecule has 10 heteroatoms. The molecule has 358 valence electrons. The van der Waals surface area contributed by atoms with Crippen molar-refractivity contribution in [1.82, 2.24) is 0 Å². The van der Waals surface area contributed by atoms with E-state index in [1.807, 2.05) is 21.1 Å². The summed E-state index contributed by atoms with van der Waals surface area (Å²) >= 11 is 0. The zero-order chi connectivity index (χ0) is 44.4. The number of aliphatic hydroxyl groups is 1. The highest BCUT2D eigenvalue weighted by Gasteiger charge is 2.35. The van der Waals surface area contributed by atoms with Crippen LogP contribution in [-0.4, -0.2) is 79.3 Å². The van der Waals surface area contributed by atoms with Crippen LogP contribution in [0, 0.1) is 0 Å². The van der Waals surface area contributed by atoms with Gasteiger partial charge in [-0.1, -0.05) is 232 Å². The van der Waals surface area contributed by atoms with Gasteiger partial charge in [0, 0.05) is 12.8 Å². The summed E-state index contributed by atoms with van der Waals surface area (Å²) in [6, 6.07) is 0. The highest BCUT2D eigenvalue weighted by atomic mass is 31.2. The van der Waals surface area contributed by atoms with Gasteiger partial charge in [0.15, 0.2) is 11.9 Å². The number of carbonyl (C=O) groups is 2. The molecule has 9 nitrogen and oxygen atoms in total. The molecule has 0 aromatic carbocycles. The Hall–Kier alpha value is -0.830. The van der Waals surface area contributed by atoms with Gasteiger partial charge in [-0.3, -0.25) is 18.6 Å². The van der Waals surface area contributed by atoms with Crippen LogP contribution in [0.25, 0.3) is 0 Å². The van der Waals surface area contributed by atoms with Gasteiger partial charge in [-0.25, -0.2) is 4.57 Å². The number of ketones is 1. The molecule has 0 saturated carbocycles. The minimum Gasteiger partial charge on any atom is -0.457 e. The molecule has 60 heavy (non-hydrogen) atoms. The predicted octanol–water partition coefficient (Wildman–Crippen LogP) is 14.5. The minimum absolute atomic E-state index is 0.212. The first-order valence-corrected chi connectivity index (χ1v) is 27.2. The molecule has 2 N–H and O–H groups in total. The first-order valence-electron chi connectivity index (χ1n) is 25.7. The number of phosphoric acid groups is 1. The number of esters is 1. The molecule has 0 aliphatic carbocycles. The Morgan fingerprint density at radius 2 is 0.800 bits per heavy atom. The zero-order valence-corrected chi connectivity index (χ0v) is 41.3. The summed E-state index contributed by atoms with van der Waals surface area (Å²) in [5.41, 5.74) is 0. The molecular formula is C50H101NO8P+. The number of unbranched alkanes of at least 4 members (excludes halogenated alkanes) is 34. The standard InChI is InChI=1S/C50H100NO8P/c1-6-8-10-12-14-16-18-20-22-23-24-25-26-27-29-30-32-34-36-38-40-42-48(53)49(44-51(3,4)5)59-60(55,56)57-46-47(45-52)58-50(54)43-41-39-37-35-33-31-28-21-19-17-15-13-11-9-7-2/h47,49,52H,6-46H2,1-5H3/p+1. The molecule has 0 fully saturated rings. The fraction of sp³-hybridized carbons (Fsp3) is 0.960. The van der Waals surface area contributed by atoms with E-state index in [0.29, 0.717) is 17.3 Å². The van der Waals surface area contributed by atoms with Crippen LogP contribution < -0.4 is 0 Å². The second-order valence-electron chi connectivity index (χ2n) is 19.1. The Morgan fingerprint density at radius 1 is 0.500 bits per heavy atom. The molecule has 3 atom stereocenters. The van der Waals surface area contributed by atoms with Crippen LogP contribution in [0.3, 0.4) is 0 Å². The summed E-state index contributed by atoms with van der Waals surface area (Å²) in [5, 5.41) is 9.77. The number of carbonyl (C=O) groups excluding carboxylic acids is 2. The molecule has 0 bridgehead atoms. The quantitative estimate of drug-likeness (QED) is 0.0268. The van der Waals surface area contributed by atoms with Crippen molar-refractivity contribution in [3.63, 3.8) is 0 Å². The third kappa shape index (κ3) is 42.5. The SMILES string of the molecule is CCCCCCCCCCCCCCCCCCCCCCCC(=O)C(C[N+](C)(C)C)OP(=O)(O)OCC(CO)OC(=O)CCCCCCCCCCCCCCCCC. The van der Waals surface area contributed by atoms with Gasteiger partial charge in [0.05, 0.1) is 34.4 Å². The van der Waals surface area contributed by atoms with Crippen LogP contribution in [-0.2, 0) is 27.9 Å². The number of Topliss-reactive ketones (excluding diaryl/α,β-unsaturated/α-hetero) is 1. The van der Waals surface area contributed by atoms with E-state index >= 15 is 0 Å². The number of aliphatic hydroxyl groups excluding tert-OH is 1. The van der Waals surface area contributed by atoms with Crippen molar-refractivity contribution in [2.75, 3.05) is 40.9 Å². The van der Waals surface area contributed by atoms with Crippen molar-refractivity contribution in [1.29, 1.82) is 0 Å². The Balaban J connectivity index is 4.11. The number of ether oxygens (including phenoxy) is 1. The van der Waals surface area contributed by atoms with Gasteiger partial charge in [-0.15, -0.1) is 0 Å². The second-order valence-corrected chi connectivity index (χ2v) is 20.5. The summed E-state index contributed by atoms with van der Waals surface area (Å²) in [5.74, 6) is -0.684. The molecular weight excluding hydrogens is 774 g/mol. The van der Waals surface area contributed by atoms with Gasteiger partial charge < -0.3 is 19.2 Å². The smallest absolute Gasteiger partial charge is 0.457 e. The molecule has 0 rings (SSSR count). The summed E-state index contributed by atoms with van der Waals surface area (Å²) in [6.45, 7) is 3.70. The molecule has 0 amide bonds.